The van der Waals surface area contributed by atoms with Gasteiger partial charge in [0.05, 0.1) is 45.3 Å². The summed E-state index contributed by atoms with van der Waals surface area (Å²) in [4.78, 5) is 40.7. The van der Waals surface area contributed by atoms with Crippen molar-refractivity contribution >= 4 is 57.2 Å². The summed E-state index contributed by atoms with van der Waals surface area (Å²) in [5.41, 5.74) is 4.33. The van der Waals surface area contributed by atoms with Crippen LogP contribution in [0.5, 0.6) is 0 Å². The summed E-state index contributed by atoms with van der Waals surface area (Å²) in [7, 11) is 0. The van der Waals surface area contributed by atoms with Crippen LogP contribution in [0, 0.1) is 10.1 Å². The number of nitrogens with zero attached hydrogens (tertiary/aromatic N) is 3. The Morgan fingerprint density at radius 3 is 2.66 bits per heavy atom. The Hall–Kier alpha value is -4.29. The topological polar surface area (TPSA) is 136 Å². The monoisotopic (exact) mass is 549 g/mol. The number of ether oxygens (including phenoxy) is 1. The maximum Gasteiger partial charge on any atom is 0.407 e. The first-order valence-corrected chi connectivity index (χ1v) is 13.2. The normalized spacial score (nSPS) is 11.8. The van der Waals surface area contributed by atoms with Crippen LogP contribution < -0.4 is 10.7 Å². The van der Waals surface area contributed by atoms with Crippen LogP contribution in [0.25, 0.3) is 10.2 Å². The summed E-state index contributed by atoms with van der Waals surface area (Å²) >= 11 is 2.69. The summed E-state index contributed by atoms with van der Waals surface area (Å²) < 4.78 is 6.64. The minimum atomic E-state index is -0.631. The molecule has 38 heavy (non-hydrogen) atoms. The molecule has 4 rings (SSSR count). The number of benzene rings is 3. The zero-order valence-corrected chi connectivity index (χ0v) is 21.8. The Labute approximate surface area is 226 Å². The minimum absolute atomic E-state index is 0.0853. The molecule has 0 aliphatic rings. The van der Waals surface area contributed by atoms with Crippen LogP contribution in [0.1, 0.15) is 30.5 Å². The number of aromatic nitrogens is 1. The number of alkyl carbamates (subject to hydrolysis) is 1. The molecular weight excluding hydrogens is 526 g/mol. The lowest BCUT2D eigenvalue weighted by atomic mass is 10.0. The second-order valence-electron chi connectivity index (χ2n) is 7.86. The molecule has 0 saturated heterocycles. The summed E-state index contributed by atoms with van der Waals surface area (Å²) in [6.07, 6.45) is 0.611. The van der Waals surface area contributed by atoms with Crippen molar-refractivity contribution in [2.75, 3.05) is 6.61 Å². The van der Waals surface area contributed by atoms with Crippen LogP contribution in [0.15, 0.2) is 87.1 Å². The van der Waals surface area contributed by atoms with Crippen molar-refractivity contribution in [1.82, 2.24) is 15.7 Å². The van der Waals surface area contributed by atoms with E-state index in [0.717, 1.165) is 15.8 Å². The van der Waals surface area contributed by atoms with Crippen LogP contribution in [0.4, 0.5) is 10.5 Å². The number of nitro groups is 1. The quantitative estimate of drug-likeness (QED) is 0.147. The van der Waals surface area contributed by atoms with E-state index in [1.807, 2.05) is 30.3 Å². The highest BCUT2D eigenvalue weighted by Gasteiger charge is 2.20. The van der Waals surface area contributed by atoms with Gasteiger partial charge in [0.2, 0.25) is 5.91 Å². The minimum Gasteiger partial charge on any atom is -0.450 e. The average molecular weight is 550 g/mol. The van der Waals surface area contributed by atoms with Crippen molar-refractivity contribution < 1.29 is 19.2 Å². The zero-order valence-electron chi connectivity index (χ0n) is 20.2. The van der Waals surface area contributed by atoms with Gasteiger partial charge in [-0.25, -0.2) is 15.2 Å². The highest BCUT2D eigenvalue weighted by molar-refractivity contribution is 8.01. The van der Waals surface area contributed by atoms with Crippen LogP contribution in [-0.4, -0.2) is 34.7 Å². The van der Waals surface area contributed by atoms with Crippen molar-refractivity contribution in [2.45, 2.75) is 28.6 Å². The van der Waals surface area contributed by atoms with Gasteiger partial charge in [-0.3, -0.25) is 14.9 Å². The van der Waals surface area contributed by atoms with E-state index in [0.29, 0.717) is 14.8 Å². The van der Waals surface area contributed by atoms with Crippen molar-refractivity contribution in [3.63, 3.8) is 0 Å². The molecule has 3 aromatic carbocycles. The number of hydrogen-bond donors (Lipinski definition) is 2. The SMILES string of the molecule is CCOC(=O)N[C@@H](CC(=O)N/N=C\c1ccc(Sc2nc3ccccc3s2)c([N+](=O)[O-])c1)c1ccccc1. The van der Waals surface area contributed by atoms with Gasteiger partial charge < -0.3 is 10.1 Å². The second kappa shape index (κ2) is 12.8. The maximum atomic E-state index is 12.5. The molecule has 1 aromatic heterocycles. The number of carbonyl (C=O) groups is 2. The van der Waals surface area contributed by atoms with Gasteiger partial charge in [0.25, 0.3) is 5.69 Å². The number of amides is 2. The van der Waals surface area contributed by atoms with Crippen LogP contribution in [-0.2, 0) is 9.53 Å². The van der Waals surface area contributed by atoms with Gasteiger partial charge in [-0.2, -0.15) is 5.10 Å². The Bertz CT molecular complexity index is 1440. The second-order valence-corrected chi connectivity index (χ2v) is 10.2. The van der Waals surface area contributed by atoms with Gasteiger partial charge in [0, 0.05) is 11.6 Å². The molecule has 2 amide bonds. The Morgan fingerprint density at radius 1 is 1.16 bits per heavy atom. The van der Waals surface area contributed by atoms with Gasteiger partial charge >= 0.3 is 6.09 Å². The summed E-state index contributed by atoms with van der Waals surface area (Å²) in [6, 6.07) is 20.8. The van der Waals surface area contributed by atoms with E-state index >= 15 is 0 Å². The fourth-order valence-corrected chi connectivity index (χ4v) is 5.60. The molecule has 0 fully saturated rings. The van der Waals surface area contributed by atoms with E-state index in [4.69, 9.17) is 4.74 Å². The van der Waals surface area contributed by atoms with Gasteiger partial charge in [-0.15, -0.1) is 11.3 Å². The number of para-hydroxylation sites is 1. The first kappa shape index (κ1) is 26.8. The lowest BCUT2D eigenvalue weighted by molar-refractivity contribution is -0.387. The fourth-order valence-electron chi connectivity index (χ4n) is 3.49. The maximum absolute atomic E-state index is 12.5. The van der Waals surface area contributed by atoms with Crippen LogP contribution in [0.2, 0.25) is 0 Å². The van der Waals surface area contributed by atoms with E-state index < -0.39 is 23.0 Å². The molecule has 2 N–H and O–H groups in total. The first-order chi connectivity index (χ1) is 18.4. The Kier molecular flexibility index (Phi) is 9.01. The third-order valence-electron chi connectivity index (χ3n) is 5.21. The fraction of sp³-hybridized carbons (Fsp3) is 0.154. The standard InChI is InChI=1S/C26H23N5O5S2/c1-2-36-25(33)28-20(18-8-4-3-5-9-18)15-24(32)30-27-16-17-12-13-23(21(14-17)31(34)35)38-26-29-19-10-6-7-11-22(19)37-26/h3-14,16,20H,2,15H2,1H3,(H,28,33)(H,30,32)/b27-16-/t20-/m0/s1. The number of nitro benzene ring substituents is 1. The predicted octanol–water partition coefficient (Wildman–Crippen LogP) is 5.68. The molecule has 0 bridgehead atoms. The van der Waals surface area contributed by atoms with E-state index in [-0.39, 0.29) is 18.7 Å². The van der Waals surface area contributed by atoms with E-state index in [9.17, 15) is 19.7 Å². The van der Waals surface area contributed by atoms with Gasteiger partial charge in [0.1, 0.15) is 0 Å². The number of fused-ring (bicyclic) bond motifs is 1. The highest BCUT2D eigenvalue weighted by Crippen LogP contribution is 2.38. The molecule has 1 atom stereocenters. The number of nitrogens with one attached hydrogen (secondary N) is 2. The first-order valence-electron chi connectivity index (χ1n) is 11.5. The molecule has 10 nitrogen and oxygen atoms in total. The third-order valence-corrected chi connectivity index (χ3v) is 7.38. The number of rotatable bonds is 10. The lowest BCUT2D eigenvalue weighted by Gasteiger charge is -2.18. The van der Waals surface area contributed by atoms with E-state index in [1.165, 1.54) is 35.4 Å². The van der Waals surface area contributed by atoms with Crippen molar-refractivity contribution in [3.8, 4) is 0 Å². The third kappa shape index (κ3) is 7.14. The summed E-state index contributed by atoms with van der Waals surface area (Å²) in [6.45, 7) is 1.89. The predicted molar refractivity (Wildman–Crippen MR) is 147 cm³/mol. The van der Waals surface area contributed by atoms with Crippen LogP contribution >= 0.6 is 23.1 Å². The highest BCUT2D eigenvalue weighted by atomic mass is 32.2. The largest absolute Gasteiger partial charge is 0.450 e. The van der Waals surface area contributed by atoms with Gasteiger partial charge in [-0.05, 0) is 30.7 Å². The molecule has 12 heteroatoms. The van der Waals surface area contributed by atoms with Gasteiger partial charge in [0.15, 0.2) is 4.34 Å². The average Bonchev–Trinajstić information content (AvgIpc) is 3.32. The molecule has 4 aromatic rings. The molecule has 0 aliphatic heterocycles. The van der Waals surface area contributed by atoms with E-state index in [2.05, 4.69) is 20.8 Å². The molecule has 0 spiro atoms. The molecule has 0 unspecified atom stereocenters. The number of hydrogen-bond acceptors (Lipinski definition) is 9. The number of hydrazone groups is 1. The van der Waals surface area contributed by atoms with Crippen molar-refractivity contribution in [1.29, 1.82) is 0 Å². The van der Waals surface area contributed by atoms with Crippen molar-refractivity contribution in [3.05, 3.63) is 94.0 Å². The molecule has 1 heterocycles. The Morgan fingerprint density at radius 2 is 1.92 bits per heavy atom. The van der Waals surface area contributed by atoms with Crippen LogP contribution in [0.3, 0.4) is 0 Å². The molecule has 0 aliphatic carbocycles. The zero-order chi connectivity index (χ0) is 26.9. The number of thiazole rings is 1. The van der Waals surface area contributed by atoms with Crippen molar-refractivity contribution in [2.24, 2.45) is 5.10 Å². The Balaban J connectivity index is 1.42. The van der Waals surface area contributed by atoms with E-state index in [1.54, 1.807) is 43.3 Å². The smallest absolute Gasteiger partial charge is 0.407 e. The lowest BCUT2D eigenvalue weighted by Crippen LogP contribution is -2.33. The van der Waals surface area contributed by atoms with Gasteiger partial charge in [-0.1, -0.05) is 60.3 Å². The summed E-state index contributed by atoms with van der Waals surface area (Å²) in [5, 5.41) is 18.3. The molecule has 0 saturated carbocycles. The molecular formula is C26H23N5O5S2. The summed E-state index contributed by atoms with van der Waals surface area (Å²) in [5.74, 6) is -0.454. The molecule has 0 radical (unpaired) electrons. The number of carbonyl (C=O) groups excluding carboxylic acids is 2. The molecule has 194 valence electrons.